The number of amides is 1. The average Bonchev–Trinajstić information content (AvgIpc) is 3.34. The Kier molecular flexibility index (Phi) is 5.09. The standard InChI is InChI=1S/C24H18N2O5/c1-14-21(23(28)26(25-14)19-9-7-18(8-10-19)24(29)30)13-20-11-12-22(31-20)17-5-3-16(4-6-17)15(2)27/h3-13H,1-2H3,(H,29,30)/b21-13-. The fourth-order valence-corrected chi connectivity index (χ4v) is 3.20. The summed E-state index contributed by atoms with van der Waals surface area (Å²) in [4.78, 5) is 35.3. The lowest BCUT2D eigenvalue weighted by Crippen LogP contribution is -2.21. The Morgan fingerprint density at radius 1 is 0.968 bits per heavy atom. The van der Waals surface area contributed by atoms with Crippen molar-refractivity contribution in [1.82, 2.24) is 0 Å². The van der Waals surface area contributed by atoms with E-state index in [0.29, 0.717) is 34.1 Å². The van der Waals surface area contributed by atoms with Gasteiger partial charge in [0.1, 0.15) is 11.5 Å². The van der Waals surface area contributed by atoms with Crippen molar-refractivity contribution in [2.24, 2.45) is 5.10 Å². The van der Waals surface area contributed by atoms with Gasteiger partial charge in [-0.3, -0.25) is 9.59 Å². The number of hydrazone groups is 1. The first kappa shape index (κ1) is 20.0. The number of rotatable bonds is 5. The van der Waals surface area contributed by atoms with Gasteiger partial charge in [0.2, 0.25) is 0 Å². The van der Waals surface area contributed by atoms with Gasteiger partial charge in [0.05, 0.1) is 22.5 Å². The summed E-state index contributed by atoms with van der Waals surface area (Å²) in [6.07, 6.45) is 1.63. The lowest BCUT2D eigenvalue weighted by atomic mass is 10.1. The van der Waals surface area contributed by atoms with Crippen LogP contribution in [0.1, 0.15) is 40.3 Å². The Balaban J connectivity index is 1.57. The molecule has 1 amide bonds. The summed E-state index contributed by atoms with van der Waals surface area (Å²) < 4.78 is 5.86. The summed E-state index contributed by atoms with van der Waals surface area (Å²) in [5, 5.41) is 14.5. The van der Waals surface area contributed by atoms with Crippen LogP contribution in [0.25, 0.3) is 17.4 Å². The number of Topliss-reactive ketones (excluding diaryl/α,β-unsaturated/α-hetero) is 1. The Morgan fingerprint density at radius 3 is 2.23 bits per heavy atom. The zero-order chi connectivity index (χ0) is 22.1. The van der Waals surface area contributed by atoms with Crippen LogP contribution in [0.3, 0.4) is 0 Å². The van der Waals surface area contributed by atoms with Crippen molar-refractivity contribution in [3.63, 3.8) is 0 Å². The number of furan rings is 1. The minimum Gasteiger partial charge on any atom is -0.478 e. The molecule has 7 heteroatoms. The number of benzene rings is 2. The molecule has 31 heavy (non-hydrogen) atoms. The number of ketones is 1. The highest BCUT2D eigenvalue weighted by Gasteiger charge is 2.29. The number of carbonyl (C=O) groups excluding carboxylic acids is 2. The average molecular weight is 414 g/mol. The number of anilines is 1. The normalized spacial score (nSPS) is 14.8. The van der Waals surface area contributed by atoms with E-state index in [1.807, 2.05) is 12.1 Å². The van der Waals surface area contributed by atoms with E-state index < -0.39 is 5.97 Å². The molecule has 0 spiro atoms. The molecule has 1 aromatic heterocycles. The van der Waals surface area contributed by atoms with E-state index in [1.54, 1.807) is 37.3 Å². The topological polar surface area (TPSA) is 100 Å². The van der Waals surface area contributed by atoms with E-state index in [9.17, 15) is 14.4 Å². The Bertz CT molecular complexity index is 1250. The highest BCUT2D eigenvalue weighted by molar-refractivity contribution is 6.32. The number of hydrogen-bond acceptors (Lipinski definition) is 5. The Morgan fingerprint density at radius 2 is 1.61 bits per heavy atom. The quantitative estimate of drug-likeness (QED) is 0.484. The van der Waals surface area contributed by atoms with Crippen LogP contribution >= 0.6 is 0 Å². The molecule has 2 heterocycles. The van der Waals surface area contributed by atoms with E-state index in [2.05, 4.69) is 5.10 Å². The second-order valence-electron chi connectivity index (χ2n) is 7.05. The molecule has 7 nitrogen and oxygen atoms in total. The molecule has 0 aliphatic carbocycles. The summed E-state index contributed by atoms with van der Waals surface area (Å²) in [6, 6.07) is 16.6. The minimum absolute atomic E-state index is 0.00641. The molecule has 3 aromatic rings. The van der Waals surface area contributed by atoms with Gasteiger partial charge >= 0.3 is 5.97 Å². The summed E-state index contributed by atoms with van der Waals surface area (Å²) >= 11 is 0. The van der Waals surface area contributed by atoms with Crippen molar-refractivity contribution in [2.75, 3.05) is 5.01 Å². The van der Waals surface area contributed by atoms with Crippen LogP contribution in [0.2, 0.25) is 0 Å². The maximum atomic E-state index is 12.9. The molecule has 0 atom stereocenters. The molecule has 1 N–H and O–H groups in total. The Hall–Kier alpha value is -4.26. The predicted octanol–water partition coefficient (Wildman–Crippen LogP) is 4.65. The number of carboxylic acid groups (broad SMARTS) is 1. The van der Waals surface area contributed by atoms with Crippen LogP contribution in [0, 0.1) is 0 Å². The third-order valence-electron chi connectivity index (χ3n) is 4.91. The summed E-state index contributed by atoms with van der Waals surface area (Å²) in [5.41, 5.74) is 2.96. The highest BCUT2D eigenvalue weighted by Crippen LogP contribution is 2.28. The molecular formula is C24H18N2O5. The molecule has 1 aliphatic heterocycles. The van der Waals surface area contributed by atoms with Gasteiger partial charge in [-0.15, -0.1) is 0 Å². The lowest BCUT2D eigenvalue weighted by molar-refractivity contribution is -0.114. The van der Waals surface area contributed by atoms with E-state index in [0.717, 1.165) is 5.56 Å². The summed E-state index contributed by atoms with van der Waals surface area (Å²) in [7, 11) is 0. The van der Waals surface area contributed by atoms with Gasteiger partial charge in [-0.1, -0.05) is 24.3 Å². The van der Waals surface area contributed by atoms with Crippen LogP contribution < -0.4 is 5.01 Å². The van der Waals surface area contributed by atoms with Gasteiger partial charge in [-0.2, -0.15) is 10.1 Å². The molecule has 0 bridgehead atoms. The number of nitrogens with zero attached hydrogens (tertiary/aromatic N) is 2. The number of aromatic carboxylic acids is 1. The zero-order valence-electron chi connectivity index (χ0n) is 16.8. The number of carboxylic acids is 1. The lowest BCUT2D eigenvalue weighted by Gasteiger charge is -2.11. The molecule has 1 aliphatic rings. The first-order valence-electron chi connectivity index (χ1n) is 9.50. The number of hydrogen-bond donors (Lipinski definition) is 1. The third kappa shape index (κ3) is 3.93. The highest BCUT2D eigenvalue weighted by atomic mass is 16.4. The Labute approximate surface area is 177 Å². The van der Waals surface area contributed by atoms with Gasteiger partial charge in [0.15, 0.2) is 5.78 Å². The summed E-state index contributed by atoms with van der Waals surface area (Å²) in [5.74, 6) is -0.267. The largest absolute Gasteiger partial charge is 0.478 e. The maximum absolute atomic E-state index is 12.9. The fraction of sp³-hybridized carbons (Fsp3) is 0.0833. The fourth-order valence-electron chi connectivity index (χ4n) is 3.20. The monoisotopic (exact) mass is 414 g/mol. The van der Waals surface area contributed by atoms with Crippen molar-refractivity contribution >= 4 is 35.1 Å². The molecular weight excluding hydrogens is 396 g/mol. The van der Waals surface area contributed by atoms with E-state index in [1.165, 1.54) is 36.2 Å². The molecule has 4 rings (SSSR count). The van der Waals surface area contributed by atoms with Crippen molar-refractivity contribution in [2.45, 2.75) is 13.8 Å². The van der Waals surface area contributed by atoms with Crippen molar-refractivity contribution in [3.05, 3.63) is 83.1 Å². The van der Waals surface area contributed by atoms with Crippen LogP contribution in [0.5, 0.6) is 0 Å². The SMILES string of the molecule is CC(=O)c1ccc(-c2ccc(/C=C3\C(=O)N(c4ccc(C(=O)O)cc4)N=C3C)o2)cc1. The number of carbonyl (C=O) groups is 3. The van der Waals surface area contributed by atoms with E-state index in [-0.39, 0.29) is 17.3 Å². The smallest absolute Gasteiger partial charge is 0.335 e. The molecule has 2 aromatic carbocycles. The third-order valence-corrected chi connectivity index (χ3v) is 4.91. The van der Waals surface area contributed by atoms with Crippen LogP contribution in [0.15, 0.2) is 75.8 Å². The second-order valence-corrected chi connectivity index (χ2v) is 7.05. The first-order valence-corrected chi connectivity index (χ1v) is 9.50. The van der Waals surface area contributed by atoms with Crippen LogP contribution in [-0.2, 0) is 4.79 Å². The van der Waals surface area contributed by atoms with Gasteiger partial charge in [0.25, 0.3) is 5.91 Å². The van der Waals surface area contributed by atoms with Gasteiger partial charge in [-0.05, 0) is 56.3 Å². The van der Waals surface area contributed by atoms with Gasteiger partial charge in [-0.25, -0.2) is 4.79 Å². The van der Waals surface area contributed by atoms with Gasteiger partial charge in [0, 0.05) is 11.1 Å². The van der Waals surface area contributed by atoms with Crippen molar-refractivity contribution in [3.8, 4) is 11.3 Å². The molecule has 0 saturated heterocycles. The van der Waals surface area contributed by atoms with Crippen LogP contribution in [0.4, 0.5) is 5.69 Å². The molecule has 0 fully saturated rings. The zero-order valence-corrected chi connectivity index (χ0v) is 16.8. The maximum Gasteiger partial charge on any atom is 0.335 e. The second kappa shape index (κ2) is 7.87. The van der Waals surface area contributed by atoms with Crippen molar-refractivity contribution in [1.29, 1.82) is 0 Å². The minimum atomic E-state index is -1.04. The van der Waals surface area contributed by atoms with E-state index in [4.69, 9.17) is 9.52 Å². The molecule has 154 valence electrons. The molecule has 0 unspecified atom stereocenters. The first-order chi connectivity index (χ1) is 14.8. The predicted molar refractivity (Wildman–Crippen MR) is 116 cm³/mol. The van der Waals surface area contributed by atoms with Crippen molar-refractivity contribution < 1.29 is 23.9 Å². The molecule has 0 saturated carbocycles. The summed E-state index contributed by atoms with van der Waals surface area (Å²) in [6.45, 7) is 3.23. The van der Waals surface area contributed by atoms with E-state index >= 15 is 0 Å². The van der Waals surface area contributed by atoms with Crippen LogP contribution in [-0.4, -0.2) is 28.5 Å². The molecule has 0 radical (unpaired) electrons. The van der Waals surface area contributed by atoms with Gasteiger partial charge < -0.3 is 9.52 Å².